The van der Waals surface area contributed by atoms with Gasteiger partial charge < -0.3 is 9.42 Å². The number of carbonyl (C=O) groups excluding carboxylic acids is 1. The van der Waals surface area contributed by atoms with Gasteiger partial charge in [-0.05, 0) is 30.2 Å². The topological polar surface area (TPSA) is 46.3 Å². The van der Waals surface area contributed by atoms with Crippen molar-refractivity contribution < 1.29 is 9.32 Å². The Kier molecular flexibility index (Phi) is 5.28. The Morgan fingerprint density at radius 1 is 0.967 bits per heavy atom. The first-order valence-corrected chi connectivity index (χ1v) is 11.2. The molecule has 0 bridgehead atoms. The van der Waals surface area contributed by atoms with Crippen molar-refractivity contribution in [2.75, 3.05) is 18.8 Å². The van der Waals surface area contributed by atoms with Gasteiger partial charge in [-0.1, -0.05) is 65.8 Å². The monoisotopic (exact) mass is 414 g/mol. The zero-order valence-corrected chi connectivity index (χ0v) is 17.3. The fourth-order valence-corrected chi connectivity index (χ4v) is 5.19. The van der Waals surface area contributed by atoms with Gasteiger partial charge in [-0.25, -0.2) is 0 Å². The highest BCUT2D eigenvalue weighted by Gasteiger charge is 2.23. The summed E-state index contributed by atoms with van der Waals surface area (Å²) in [7, 11) is 0. The second-order valence-corrected chi connectivity index (χ2v) is 8.77. The van der Waals surface area contributed by atoms with Gasteiger partial charge in [-0.3, -0.25) is 4.79 Å². The molecular formula is C25H22N2O2S. The van der Waals surface area contributed by atoms with E-state index >= 15 is 0 Å². The maximum atomic E-state index is 13.3. The van der Waals surface area contributed by atoms with Crippen molar-refractivity contribution in [3.05, 3.63) is 90.0 Å². The number of fused-ring (bicyclic) bond motifs is 1. The summed E-state index contributed by atoms with van der Waals surface area (Å²) in [5.41, 5.74) is 3.75. The third-order valence-electron chi connectivity index (χ3n) is 5.56. The molecule has 0 aliphatic carbocycles. The minimum absolute atomic E-state index is 0.0754. The molecule has 30 heavy (non-hydrogen) atoms. The highest BCUT2D eigenvalue weighted by Crippen LogP contribution is 2.35. The Hall–Kier alpha value is -3.05. The van der Waals surface area contributed by atoms with E-state index in [1.54, 1.807) is 0 Å². The number of rotatable bonds is 3. The van der Waals surface area contributed by atoms with E-state index in [1.807, 2.05) is 71.3 Å². The molecule has 3 aromatic carbocycles. The summed E-state index contributed by atoms with van der Waals surface area (Å²) in [6.45, 7) is 1.53. The van der Waals surface area contributed by atoms with E-state index in [4.69, 9.17) is 4.52 Å². The summed E-state index contributed by atoms with van der Waals surface area (Å²) in [5.74, 6) is 1.72. The van der Waals surface area contributed by atoms with Crippen LogP contribution in [0.15, 0.2) is 83.4 Å². The lowest BCUT2D eigenvalue weighted by molar-refractivity contribution is 0.0767. The van der Waals surface area contributed by atoms with Gasteiger partial charge in [0.2, 0.25) is 0 Å². The Labute approximate surface area is 179 Å². The van der Waals surface area contributed by atoms with E-state index < -0.39 is 0 Å². The Balaban J connectivity index is 1.38. The first kappa shape index (κ1) is 18.9. The molecule has 1 aliphatic heterocycles. The van der Waals surface area contributed by atoms with Crippen molar-refractivity contribution >= 4 is 28.6 Å². The van der Waals surface area contributed by atoms with E-state index in [0.717, 1.165) is 41.7 Å². The molecule has 1 atom stereocenters. The van der Waals surface area contributed by atoms with Crippen molar-refractivity contribution in [1.82, 2.24) is 10.1 Å². The summed E-state index contributed by atoms with van der Waals surface area (Å²) < 4.78 is 5.59. The van der Waals surface area contributed by atoms with E-state index in [9.17, 15) is 4.79 Å². The Bertz CT molecular complexity index is 1160. The van der Waals surface area contributed by atoms with Crippen LogP contribution >= 0.6 is 11.8 Å². The van der Waals surface area contributed by atoms with Crippen LogP contribution in [-0.4, -0.2) is 34.8 Å². The lowest BCUT2D eigenvalue weighted by atomic mass is 10.1. The van der Waals surface area contributed by atoms with Crippen LogP contribution in [0.25, 0.3) is 22.2 Å². The molecule has 1 saturated heterocycles. The largest absolute Gasteiger partial charge is 0.355 e. The zero-order valence-electron chi connectivity index (χ0n) is 16.5. The summed E-state index contributed by atoms with van der Waals surface area (Å²) in [6, 6.07) is 26.1. The van der Waals surface area contributed by atoms with Crippen molar-refractivity contribution in [3.63, 3.8) is 0 Å². The highest BCUT2D eigenvalue weighted by atomic mass is 32.2. The van der Waals surface area contributed by atoms with Crippen LogP contribution in [0.1, 0.15) is 27.6 Å². The van der Waals surface area contributed by atoms with Gasteiger partial charge >= 0.3 is 0 Å². The Morgan fingerprint density at radius 2 is 1.73 bits per heavy atom. The van der Waals surface area contributed by atoms with Gasteiger partial charge in [0.1, 0.15) is 5.52 Å². The summed E-state index contributed by atoms with van der Waals surface area (Å²) in [6.07, 6.45) is 0.963. The molecule has 1 amide bonds. The fourth-order valence-electron chi connectivity index (χ4n) is 3.96. The number of thioether (sulfide) groups is 1. The van der Waals surface area contributed by atoms with Gasteiger partial charge in [-0.2, -0.15) is 11.8 Å². The summed E-state index contributed by atoms with van der Waals surface area (Å²) in [4.78, 5) is 15.3. The number of nitrogens with zero attached hydrogens (tertiary/aromatic N) is 2. The molecule has 0 N–H and O–H groups in total. The van der Waals surface area contributed by atoms with Gasteiger partial charge in [0, 0.05) is 35.2 Å². The average Bonchev–Trinajstić information content (AvgIpc) is 3.07. The average molecular weight is 415 g/mol. The zero-order chi connectivity index (χ0) is 20.3. The number of carbonyl (C=O) groups is 1. The van der Waals surface area contributed by atoms with Gasteiger partial charge in [-0.15, -0.1) is 0 Å². The number of amides is 1. The van der Waals surface area contributed by atoms with Crippen LogP contribution in [0.4, 0.5) is 0 Å². The molecule has 1 aliphatic rings. The van der Waals surface area contributed by atoms with Crippen LogP contribution in [0.5, 0.6) is 0 Å². The standard InChI is InChI=1S/C25H22N2O2S/c28-25(27-14-13-23(30-16-15-27)18-7-3-1-4-8-18)20-11-12-22-21(17-20)24(29-26-22)19-9-5-2-6-10-19/h1-12,17,23H,13-16H2. The minimum atomic E-state index is 0.0754. The third-order valence-corrected chi connectivity index (χ3v) is 6.89. The first-order valence-electron chi connectivity index (χ1n) is 10.2. The molecule has 150 valence electrons. The van der Waals surface area contributed by atoms with Gasteiger partial charge in [0.25, 0.3) is 5.91 Å². The molecule has 0 saturated carbocycles. The van der Waals surface area contributed by atoms with Crippen LogP contribution in [0.2, 0.25) is 0 Å². The summed E-state index contributed by atoms with van der Waals surface area (Å²) in [5, 5.41) is 5.48. The van der Waals surface area contributed by atoms with Crippen LogP contribution < -0.4 is 0 Å². The molecule has 1 aromatic heterocycles. The van der Waals surface area contributed by atoms with Gasteiger partial charge in [0.15, 0.2) is 5.76 Å². The fraction of sp³-hybridized carbons (Fsp3) is 0.200. The van der Waals surface area contributed by atoms with Crippen molar-refractivity contribution in [2.24, 2.45) is 0 Å². The maximum Gasteiger partial charge on any atom is 0.253 e. The van der Waals surface area contributed by atoms with Gasteiger partial charge in [0.05, 0.1) is 5.39 Å². The lowest BCUT2D eigenvalue weighted by Crippen LogP contribution is -2.32. The molecule has 4 nitrogen and oxygen atoms in total. The number of hydrogen-bond acceptors (Lipinski definition) is 4. The normalized spacial score (nSPS) is 17.1. The van der Waals surface area contributed by atoms with E-state index in [1.165, 1.54) is 5.56 Å². The highest BCUT2D eigenvalue weighted by molar-refractivity contribution is 7.99. The molecule has 1 unspecified atom stereocenters. The van der Waals surface area contributed by atoms with E-state index in [0.29, 0.717) is 16.6 Å². The predicted octanol–water partition coefficient (Wildman–Crippen LogP) is 5.82. The van der Waals surface area contributed by atoms with Crippen LogP contribution in [0.3, 0.4) is 0 Å². The molecule has 5 heteroatoms. The summed E-state index contributed by atoms with van der Waals surface area (Å²) >= 11 is 1.94. The molecule has 0 radical (unpaired) electrons. The molecule has 0 spiro atoms. The number of hydrogen-bond donors (Lipinski definition) is 0. The molecule has 2 heterocycles. The SMILES string of the molecule is O=C(c1ccc2noc(-c3ccccc3)c2c1)N1CCSC(c2ccccc2)CC1. The second-order valence-electron chi connectivity index (χ2n) is 7.46. The smallest absolute Gasteiger partial charge is 0.253 e. The number of benzene rings is 3. The van der Waals surface area contributed by atoms with Crippen molar-refractivity contribution in [3.8, 4) is 11.3 Å². The lowest BCUT2D eigenvalue weighted by Gasteiger charge is -2.20. The Morgan fingerprint density at radius 3 is 2.53 bits per heavy atom. The van der Waals surface area contributed by atoms with Crippen molar-refractivity contribution in [1.29, 1.82) is 0 Å². The van der Waals surface area contributed by atoms with Crippen molar-refractivity contribution in [2.45, 2.75) is 11.7 Å². The minimum Gasteiger partial charge on any atom is -0.355 e. The number of aromatic nitrogens is 1. The third kappa shape index (κ3) is 3.73. The second kappa shape index (κ2) is 8.36. The molecule has 1 fully saturated rings. The molecule has 4 aromatic rings. The van der Waals surface area contributed by atoms with Crippen LogP contribution in [0, 0.1) is 0 Å². The van der Waals surface area contributed by atoms with Crippen LogP contribution in [-0.2, 0) is 0 Å². The quantitative estimate of drug-likeness (QED) is 0.424. The molecular weight excluding hydrogens is 392 g/mol. The maximum absolute atomic E-state index is 13.3. The van der Waals surface area contributed by atoms with E-state index in [-0.39, 0.29) is 5.91 Å². The molecule has 5 rings (SSSR count). The van der Waals surface area contributed by atoms with E-state index in [2.05, 4.69) is 29.4 Å². The first-order chi connectivity index (χ1) is 14.8. The predicted molar refractivity (Wildman–Crippen MR) is 122 cm³/mol.